The Hall–Kier alpha value is -7.88. The van der Waals surface area contributed by atoms with Crippen molar-refractivity contribution in [1.29, 1.82) is 0 Å². The smallest absolute Gasteiger partial charge is 0.280 e. The zero-order valence-electron chi connectivity index (χ0n) is 51.8. The van der Waals surface area contributed by atoms with Crippen molar-refractivity contribution in [2.24, 2.45) is 28.1 Å². The molecule has 87 heavy (non-hydrogen) atoms. The minimum atomic E-state index is -1.11. The summed E-state index contributed by atoms with van der Waals surface area (Å²) in [6.07, 6.45) is 1.97. The third-order valence-corrected chi connectivity index (χ3v) is 15.3. The van der Waals surface area contributed by atoms with Crippen molar-refractivity contribution in [2.75, 3.05) is 94.1 Å². The van der Waals surface area contributed by atoms with Gasteiger partial charge in [-0.05, 0) is 87.8 Å². The summed E-state index contributed by atoms with van der Waals surface area (Å²) in [5.74, 6) is -0.421. The second-order valence-corrected chi connectivity index (χ2v) is 22.8. The molecule has 2 fully saturated rings. The first-order valence-electron chi connectivity index (χ1n) is 29.1. The van der Waals surface area contributed by atoms with Crippen molar-refractivity contribution >= 4 is 52.9 Å². The Kier molecular flexibility index (Phi) is 27.9. The van der Waals surface area contributed by atoms with Crippen molar-refractivity contribution < 1.29 is 76.7 Å². The van der Waals surface area contributed by atoms with Crippen LogP contribution in [-0.2, 0) is 42.9 Å². The molecule has 0 radical (unpaired) electrons. The Morgan fingerprint density at radius 2 is 0.897 bits per heavy atom. The summed E-state index contributed by atoms with van der Waals surface area (Å²) in [6.45, 7) is 15.8. The van der Waals surface area contributed by atoms with Crippen molar-refractivity contribution in [2.45, 2.75) is 112 Å². The number of nitrogens with zero attached hydrogens (tertiary/aromatic N) is 5. The fourth-order valence-corrected chi connectivity index (χ4v) is 10.2. The van der Waals surface area contributed by atoms with E-state index < -0.39 is 49.5 Å². The molecule has 0 aliphatic carbocycles. The molecule has 5 unspecified atom stereocenters. The highest BCUT2D eigenvalue weighted by Crippen LogP contribution is 2.42. The van der Waals surface area contributed by atoms with E-state index >= 15 is 0 Å². The van der Waals surface area contributed by atoms with Gasteiger partial charge in [-0.1, -0.05) is 48.5 Å². The fraction of sp³-hybridized carbons (Fsp3) is 0.600. The van der Waals surface area contributed by atoms with E-state index in [1.54, 1.807) is 59.9 Å². The number of nitrogens with one attached hydrogen (secondary N) is 3. The number of ether oxygens (including phenoxy) is 7. The lowest BCUT2D eigenvalue weighted by Crippen LogP contribution is -2.49. The van der Waals surface area contributed by atoms with Gasteiger partial charge >= 0.3 is 0 Å². The standard InChI is InChI=1S/C37H51N5O12.C23H35N3O7/c1-7-36(3,34(45)38-14-8-16-51-27-10-12-30(41(47)48)26(20-27)23-43)24-37(4,22-25(2)32(44)40(5)6)35(46)39-15-9-17-52-28-11-13-31(42(49)50)29(21-28)33-53-18-19-54-33;1-6-23(3,15-16(2)20(27)25(4)5)22(28)24-10-7-11-31-17-8-9-19(26(29)30)18(14-17)21-32-12-13-33-21/h10-13,20-21,23,25,33H,7-9,14-19,22,24H2,1-6H3,(H,38,45)(H,39,46);8-9,14,16,21H,6-7,10-13,15H2,1-5H3,(H,24,28). The molecular weight excluding hydrogens is 1140 g/mol. The van der Waals surface area contributed by atoms with Crippen LogP contribution in [0.5, 0.6) is 17.2 Å². The van der Waals surface area contributed by atoms with E-state index in [2.05, 4.69) is 16.0 Å². The minimum Gasteiger partial charge on any atom is -0.494 e. The molecule has 3 N–H and O–H groups in total. The van der Waals surface area contributed by atoms with Crippen LogP contribution >= 0.6 is 0 Å². The van der Waals surface area contributed by atoms with Crippen molar-refractivity contribution in [3.63, 3.8) is 0 Å². The predicted molar refractivity (Wildman–Crippen MR) is 318 cm³/mol. The Balaban J connectivity index is 0.000000419. The molecule has 3 aromatic carbocycles. The number of rotatable bonds is 34. The molecule has 5 atom stereocenters. The number of nitro groups is 3. The van der Waals surface area contributed by atoms with Crippen molar-refractivity contribution in [3.05, 3.63) is 102 Å². The predicted octanol–water partition coefficient (Wildman–Crippen LogP) is 7.81. The van der Waals surface area contributed by atoms with Crippen molar-refractivity contribution in [1.82, 2.24) is 25.8 Å². The van der Waals surface area contributed by atoms with E-state index in [0.717, 1.165) is 0 Å². The zero-order valence-corrected chi connectivity index (χ0v) is 51.8. The molecule has 0 saturated carbocycles. The van der Waals surface area contributed by atoms with Gasteiger partial charge < -0.3 is 58.9 Å². The molecule has 27 heteroatoms. The summed E-state index contributed by atoms with van der Waals surface area (Å²) in [5.41, 5.74) is -2.79. The molecule has 27 nitrogen and oxygen atoms in total. The molecule has 2 saturated heterocycles. The van der Waals surface area contributed by atoms with Crippen LogP contribution in [-0.4, -0.2) is 154 Å². The fourth-order valence-electron chi connectivity index (χ4n) is 10.2. The number of aldehydes is 1. The Bertz CT molecular complexity index is 2860. The summed E-state index contributed by atoms with van der Waals surface area (Å²) in [7, 11) is 6.72. The lowest BCUT2D eigenvalue weighted by molar-refractivity contribution is -0.386. The van der Waals surface area contributed by atoms with Gasteiger partial charge in [0.1, 0.15) is 17.2 Å². The zero-order chi connectivity index (χ0) is 64.6. The van der Waals surface area contributed by atoms with Gasteiger partial charge in [0.25, 0.3) is 17.1 Å². The second-order valence-electron chi connectivity index (χ2n) is 22.8. The first kappa shape index (κ1) is 71.6. The first-order chi connectivity index (χ1) is 41.1. The van der Waals surface area contributed by atoms with Crippen molar-refractivity contribution in [3.8, 4) is 17.2 Å². The second kappa shape index (κ2) is 33.9. The molecule has 0 spiro atoms. The van der Waals surface area contributed by atoms with Gasteiger partial charge in [-0.25, -0.2) is 0 Å². The molecule has 0 bridgehead atoms. The third-order valence-electron chi connectivity index (χ3n) is 15.3. The van der Waals surface area contributed by atoms with E-state index in [-0.39, 0.29) is 109 Å². The SMILES string of the molecule is CCC(C)(CC(C)(CC(C)C(=O)N(C)C)C(=O)NCCCOc1ccc([N+](=O)[O-])c(C2OCCO2)c1)C(=O)NCCCOc1ccc([N+](=O)[O-])c(C=O)c1.CCC(C)(CC(C)C(=O)N(C)C)C(=O)NCCCOc1ccc([N+](=O)[O-])c(C2OCCO2)c1. The van der Waals surface area contributed by atoms with Crippen LogP contribution < -0.4 is 30.2 Å². The molecule has 2 heterocycles. The van der Waals surface area contributed by atoms with Crippen LogP contribution in [0.2, 0.25) is 0 Å². The maximum absolute atomic E-state index is 13.9. The maximum Gasteiger partial charge on any atom is 0.280 e. The summed E-state index contributed by atoms with van der Waals surface area (Å²) in [4.78, 5) is 112. The van der Waals surface area contributed by atoms with Crippen LogP contribution in [0.3, 0.4) is 0 Å². The van der Waals surface area contributed by atoms with Crippen LogP contribution in [0.1, 0.15) is 134 Å². The van der Waals surface area contributed by atoms with E-state index in [1.807, 2.05) is 27.7 Å². The van der Waals surface area contributed by atoms with Gasteiger partial charge in [-0.3, -0.25) is 59.1 Å². The Morgan fingerprint density at radius 1 is 0.563 bits per heavy atom. The number of amides is 5. The van der Waals surface area contributed by atoms with Crippen LogP contribution in [0.15, 0.2) is 54.6 Å². The van der Waals surface area contributed by atoms with Crippen LogP contribution in [0.25, 0.3) is 0 Å². The Labute approximate surface area is 507 Å². The molecule has 2 aliphatic heterocycles. The van der Waals surface area contributed by atoms with Crippen LogP contribution in [0.4, 0.5) is 17.1 Å². The highest BCUT2D eigenvalue weighted by Gasteiger charge is 2.45. The molecule has 0 aromatic heterocycles. The number of hydrogen-bond donors (Lipinski definition) is 3. The largest absolute Gasteiger partial charge is 0.494 e. The van der Waals surface area contributed by atoms with Gasteiger partial charge in [-0.2, -0.15) is 0 Å². The van der Waals surface area contributed by atoms with Gasteiger partial charge in [0.15, 0.2) is 18.9 Å². The molecular formula is C60H86N8O19. The summed E-state index contributed by atoms with van der Waals surface area (Å²) in [6, 6.07) is 12.7. The number of benzene rings is 3. The summed E-state index contributed by atoms with van der Waals surface area (Å²) < 4.78 is 38.9. The van der Waals surface area contributed by atoms with Gasteiger partial charge in [0.05, 0.1) is 77.7 Å². The third kappa shape index (κ3) is 20.9. The summed E-state index contributed by atoms with van der Waals surface area (Å²) in [5, 5.41) is 42.7. The van der Waals surface area contributed by atoms with Gasteiger partial charge in [0, 0.05) is 94.1 Å². The summed E-state index contributed by atoms with van der Waals surface area (Å²) >= 11 is 0. The number of carbonyl (C=O) groups excluding carboxylic acids is 6. The van der Waals surface area contributed by atoms with Gasteiger partial charge in [0.2, 0.25) is 29.5 Å². The van der Waals surface area contributed by atoms with E-state index in [4.69, 9.17) is 33.2 Å². The topological polar surface area (TPSA) is 339 Å². The average Bonchev–Trinajstić information content (AvgIpc) is 2.04. The Morgan fingerprint density at radius 3 is 1.24 bits per heavy atom. The highest BCUT2D eigenvalue weighted by molar-refractivity contribution is 5.87. The molecule has 5 rings (SSSR count). The van der Waals surface area contributed by atoms with E-state index in [1.165, 1.54) is 53.4 Å². The lowest BCUT2D eigenvalue weighted by atomic mass is 9.67. The monoisotopic (exact) mass is 1220 g/mol. The normalized spacial score (nSPS) is 16.0. The molecule has 480 valence electrons. The lowest BCUT2D eigenvalue weighted by Gasteiger charge is -2.39. The van der Waals surface area contributed by atoms with Crippen LogP contribution in [0, 0.1) is 58.4 Å². The maximum atomic E-state index is 13.9. The molecule has 2 aliphatic rings. The average molecular weight is 1220 g/mol. The first-order valence-corrected chi connectivity index (χ1v) is 29.1. The van der Waals surface area contributed by atoms with Gasteiger partial charge in [-0.15, -0.1) is 0 Å². The molecule has 3 aromatic rings. The number of nitro benzene ring substituents is 3. The number of carbonyl (C=O) groups is 6. The quantitative estimate of drug-likeness (QED) is 0.0222. The minimum absolute atomic E-state index is 0.00625. The molecule has 5 amide bonds. The van der Waals surface area contributed by atoms with E-state index in [9.17, 15) is 59.1 Å². The highest BCUT2D eigenvalue weighted by atomic mass is 16.7. The van der Waals surface area contributed by atoms with E-state index in [0.29, 0.717) is 101 Å². The number of hydrogen-bond acceptors (Lipinski definition) is 19.